The maximum absolute atomic E-state index is 13.7. The van der Waals surface area contributed by atoms with Gasteiger partial charge in [0.1, 0.15) is 10.8 Å². The number of carbonyl (C=O) groups is 2. The zero-order chi connectivity index (χ0) is 17.9. The highest BCUT2D eigenvalue weighted by molar-refractivity contribution is 7.16. The molecule has 0 unspecified atom stereocenters. The maximum atomic E-state index is 13.7. The summed E-state index contributed by atoms with van der Waals surface area (Å²) in [6.07, 6.45) is 0. The molecule has 0 saturated heterocycles. The lowest BCUT2D eigenvalue weighted by atomic mass is 10.1. The van der Waals surface area contributed by atoms with Crippen molar-refractivity contribution in [2.24, 2.45) is 0 Å². The molecule has 1 aromatic heterocycles. The number of amides is 1. The fraction of sp³-hybridized carbons (Fsp3) is 0.250. The Kier molecular flexibility index (Phi) is 5.80. The SMILES string of the molecule is COC(=O)c1c(NC(=O)CNc2ccc(Cl)cc2F)sc(C)c1C. The molecule has 0 saturated carbocycles. The number of methoxy groups -OCH3 is 1. The second kappa shape index (κ2) is 7.63. The number of halogens is 2. The van der Waals surface area contributed by atoms with Crippen LogP contribution < -0.4 is 10.6 Å². The molecule has 24 heavy (non-hydrogen) atoms. The molecular formula is C16H16ClFN2O3S. The van der Waals surface area contributed by atoms with E-state index in [1.807, 2.05) is 6.92 Å². The van der Waals surface area contributed by atoms with E-state index in [9.17, 15) is 14.0 Å². The minimum absolute atomic E-state index is 0.158. The monoisotopic (exact) mass is 370 g/mol. The van der Waals surface area contributed by atoms with E-state index in [0.717, 1.165) is 16.5 Å². The maximum Gasteiger partial charge on any atom is 0.341 e. The van der Waals surface area contributed by atoms with E-state index in [0.29, 0.717) is 10.6 Å². The van der Waals surface area contributed by atoms with Crippen molar-refractivity contribution in [3.8, 4) is 0 Å². The summed E-state index contributed by atoms with van der Waals surface area (Å²) in [5.41, 5.74) is 1.27. The van der Waals surface area contributed by atoms with Gasteiger partial charge in [0.15, 0.2) is 0 Å². The van der Waals surface area contributed by atoms with E-state index < -0.39 is 17.7 Å². The fourth-order valence-electron chi connectivity index (χ4n) is 2.04. The van der Waals surface area contributed by atoms with Gasteiger partial charge in [0.2, 0.25) is 5.91 Å². The molecule has 1 amide bonds. The minimum Gasteiger partial charge on any atom is -0.465 e. The van der Waals surface area contributed by atoms with Gasteiger partial charge in [0, 0.05) is 9.90 Å². The Morgan fingerprint density at radius 2 is 2.04 bits per heavy atom. The van der Waals surface area contributed by atoms with Crippen LogP contribution in [0, 0.1) is 19.7 Å². The van der Waals surface area contributed by atoms with Crippen molar-refractivity contribution in [1.82, 2.24) is 0 Å². The van der Waals surface area contributed by atoms with Crippen LogP contribution >= 0.6 is 22.9 Å². The van der Waals surface area contributed by atoms with Crippen molar-refractivity contribution in [3.63, 3.8) is 0 Å². The molecule has 0 aliphatic rings. The zero-order valence-corrected chi connectivity index (χ0v) is 14.9. The Balaban J connectivity index is 2.07. The third kappa shape index (κ3) is 4.04. The van der Waals surface area contributed by atoms with E-state index in [-0.39, 0.29) is 17.3 Å². The Morgan fingerprint density at radius 3 is 2.67 bits per heavy atom. The van der Waals surface area contributed by atoms with Crippen molar-refractivity contribution < 1.29 is 18.7 Å². The van der Waals surface area contributed by atoms with E-state index in [1.54, 1.807) is 6.92 Å². The Hall–Kier alpha value is -2.12. The van der Waals surface area contributed by atoms with Crippen LogP contribution in [0.5, 0.6) is 0 Å². The molecule has 2 N–H and O–H groups in total. The molecule has 5 nitrogen and oxygen atoms in total. The highest BCUT2D eigenvalue weighted by Gasteiger charge is 2.21. The number of anilines is 2. The quantitative estimate of drug-likeness (QED) is 0.781. The average Bonchev–Trinajstić information content (AvgIpc) is 2.80. The van der Waals surface area contributed by atoms with Crippen LogP contribution in [0.1, 0.15) is 20.8 Å². The van der Waals surface area contributed by atoms with Crippen LogP contribution in [0.3, 0.4) is 0 Å². The summed E-state index contributed by atoms with van der Waals surface area (Å²) in [7, 11) is 1.28. The first-order valence-corrected chi connectivity index (χ1v) is 8.20. The standard InChI is InChI=1S/C16H16ClFN2O3S/c1-8-9(2)24-15(14(8)16(22)23-3)20-13(21)7-19-12-5-4-10(17)6-11(12)18/h4-6,19H,7H2,1-3H3,(H,20,21). The number of esters is 1. The lowest BCUT2D eigenvalue weighted by molar-refractivity contribution is -0.114. The summed E-state index contributed by atoms with van der Waals surface area (Å²) < 4.78 is 18.4. The van der Waals surface area contributed by atoms with Gasteiger partial charge >= 0.3 is 5.97 Å². The summed E-state index contributed by atoms with van der Waals surface area (Å²) in [5.74, 6) is -1.46. The van der Waals surface area contributed by atoms with Crippen LogP contribution in [0.2, 0.25) is 5.02 Å². The van der Waals surface area contributed by atoms with E-state index >= 15 is 0 Å². The largest absolute Gasteiger partial charge is 0.465 e. The van der Waals surface area contributed by atoms with Crippen LogP contribution in [-0.4, -0.2) is 25.5 Å². The van der Waals surface area contributed by atoms with E-state index in [1.165, 1.54) is 30.6 Å². The highest BCUT2D eigenvalue weighted by atomic mass is 35.5. The van der Waals surface area contributed by atoms with Crippen molar-refractivity contribution in [2.45, 2.75) is 13.8 Å². The highest BCUT2D eigenvalue weighted by Crippen LogP contribution is 2.32. The number of hydrogen-bond donors (Lipinski definition) is 2. The third-order valence-corrected chi connectivity index (χ3v) is 4.76. The number of carbonyl (C=O) groups excluding carboxylic acids is 2. The smallest absolute Gasteiger partial charge is 0.341 e. The first kappa shape index (κ1) is 18.2. The average molecular weight is 371 g/mol. The minimum atomic E-state index is -0.548. The van der Waals surface area contributed by atoms with Crippen molar-refractivity contribution in [1.29, 1.82) is 0 Å². The number of ether oxygens (including phenoxy) is 1. The molecule has 1 heterocycles. The van der Waals surface area contributed by atoms with Gasteiger partial charge in [-0.2, -0.15) is 0 Å². The topological polar surface area (TPSA) is 67.4 Å². The first-order valence-electron chi connectivity index (χ1n) is 7.00. The molecule has 8 heteroatoms. The molecule has 2 aromatic rings. The Labute approximate surface area is 147 Å². The van der Waals surface area contributed by atoms with Crippen LogP contribution in [0.25, 0.3) is 0 Å². The molecule has 0 fully saturated rings. The van der Waals surface area contributed by atoms with Crippen molar-refractivity contribution >= 4 is 45.5 Å². The zero-order valence-electron chi connectivity index (χ0n) is 13.3. The number of nitrogens with one attached hydrogen (secondary N) is 2. The number of rotatable bonds is 5. The van der Waals surface area contributed by atoms with E-state index in [4.69, 9.17) is 16.3 Å². The molecule has 1 aromatic carbocycles. The summed E-state index contributed by atoms with van der Waals surface area (Å²) in [5, 5.41) is 6.03. The van der Waals surface area contributed by atoms with Gasteiger partial charge in [-0.05, 0) is 37.6 Å². The summed E-state index contributed by atoms with van der Waals surface area (Å²) in [6, 6.07) is 4.12. The van der Waals surface area contributed by atoms with Gasteiger partial charge in [-0.3, -0.25) is 4.79 Å². The Bertz CT molecular complexity index is 792. The van der Waals surface area contributed by atoms with Gasteiger partial charge in [0.25, 0.3) is 0 Å². The van der Waals surface area contributed by atoms with Gasteiger partial charge in [-0.1, -0.05) is 11.6 Å². The fourth-order valence-corrected chi connectivity index (χ4v) is 3.27. The van der Waals surface area contributed by atoms with Crippen LogP contribution in [0.4, 0.5) is 15.1 Å². The predicted molar refractivity (Wildman–Crippen MR) is 93.7 cm³/mol. The molecular weight excluding hydrogens is 355 g/mol. The lowest BCUT2D eigenvalue weighted by Crippen LogP contribution is -2.22. The molecule has 0 aliphatic carbocycles. The lowest BCUT2D eigenvalue weighted by Gasteiger charge is -2.09. The van der Waals surface area contributed by atoms with Gasteiger partial charge in [0.05, 0.1) is 24.9 Å². The Morgan fingerprint density at radius 1 is 1.33 bits per heavy atom. The van der Waals surface area contributed by atoms with Crippen LogP contribution in [0.15, 0.2) is 18.2 Å². The van der Waals surface area contributed by atoms with Crippen molar-refractivity contribution in [3.05, 3.63) is 45.0 Å². The molecule has 0 spiro atoms. The number of benzene rings is 1. The van der Waals surface area contributed by atoms with Gasteiger partial charge in [-0.15, -0.1) is 11.3 Å². The molecule has 2 rings (SSSR count). The second-order valence-corrected chi connectivity index (χ2v) is 6.67. The molecule has 0 aliphatic heterocycles. The van der Waals surface area contributed by atoms with Crippen LogP contribution in [-0.2, 0) is 9.53 Å². The second-order valence-electron chi connectivity index (χ2n) is 5.00. The first-order chi connectivity index (χ1) is 11.3. The predicted octanol–water partition coefficient (Wildman–Crippen LogP) is 3.99. The summed E-state index contributed by atoms with van der Waals surface area (Å²) >= 11 is 6.96. The molecule has 0 atom stereocenters. The number of hydrogen-bond acceptors (Lipinski definition) is 5. The van der Waals surface area contributed by atoms with Crippen molar-refractivity contribution in [2.75, 3.05) is 24.3 Å². The van der Waals surface area contributed by atoms with Gasteiger partial charge in [-0.25, -0.2) is 9.18 Å². The summed E-state index contributed by atoms with van der Waals surface area (Å²) in [4.78, 5) is 24.8. The molecule has 128 valence electrons. The normalized spacial score (nSPS) is 10.4. The van der Waals surface area contributed by atoms with Gasteiger partial charge < -0.3 is 15.4 Å². The summed E-state index contributed by atoms with van der Waals surface area (Å²) in [6.45, 7) is 3.48. The third-order valence-electron chi connectivity index (χ3n) is 3.40. The molecule has 0 radical (unpaired) electrons. The molecule has 0 bridgehead atoms. The van der Waals surface area contributed by atoms with E-state index in [2.05, 4.69) is 10.6 Å². The number of thiophene rings is 1. The number of aryl methyl sites for hydroxylation is 1.